The number of aliphatic hydroxyl groups excluding tert-OH is 1. The number of Topliss-reactive ketones (excluding diaryl/α,β-unsaturated/α-hetero) is 1. The maximum Gasteiger partial charge on any atom is 0.296 e. The van der Waals surface area contributed by atoms with Gasteiger partial charge in [-0.25, -0.2) is 4.98 Å². The number of furan rings is 1. The van der Waals surface area contributed by atoms with Crippen LogP contribution in [0.4, 0.5) is 5.13 Å². The molecule has 0 saturated heterocycles. The molecule has 1 aliphatic rings. The number of amides is 1. The van der Waals surface area contributed by atoms with Gasteiger partial charge in [-0.2, -0.15) is 0 Å². The Balaban J connectivity index is 1.56. The molecule has 0 saturated carbocycles. The van der Waals surface area contributed by atoms with E-state index in [1.54, 1.807) is 61.7 Å². The summed E-state index contributed by atoms with van der Waals surface area (Å²) in [4.78, 5) is 33.9. The van der Waals surface area contributed by atoms with Gasteiger partial charge >= 0.3 is 0 Å². The van der Waals surface area contributed by atoms with E-state index in [-0.39, 0.29) is 16.5 Å². The van der Waals surface area contributed by atoms with Crippen molar-refractivity contribution in [3.63, 3.8) is 0 Å². The quantitative estimate of drug-likeness (QED) is 0.205. The Morgan fingerprint density at radius 2 is 1.63 bits per heavy atom. The molecule has 12 heteroatoms. The van der Waals surface area contributed by atoms with E-state index in [1.165, 1.54) is 44.7 Å². The van der Waals surface area contributed by atoms with Crippen LogP contribution in [0.15, 0.2) is 70.3 Å². The molecule has 3 heterocycles. The van der Waals surface area contributed by atoms with Crippen LogP contribution in [0, 0.1) is 0 Å². The predicted octanol–water partition coefficient (Wildman–Crippen LogP) is 5.87. The van der Waals surface area contributed by atoms with Gasteiger partial charge in [-0.15, -0.1) is 0 Å². The Kier molecular flexibility index (Phi) is 7.06. The highest BCUT2D eigenvalue weighted by atomic mass is 32.1. The summed E-state index contributed by atoms with van der Waals surface area (Å²) in [5.41, 5.74) is 1.18. The Labute approximate surface area is 249 Å². The molecule has 0 aliphatic carbocycles. The zero-order valence-corrected chi connectivity index (χ0v) is 24.6. The Bertz CT molecular complexity index is 1920. The van der Waals surface area contributed by atoms with Crippen LogP contribution < -0.4 is 28.6 Å². The summed E-state index contributed by atoms with van der Waals surface area (Å²) in [6, 6.07) is 14.2. The van der Waals surface area contributed by atoms with Crippen molar-refractivity contribution < 1.29 is 42.8 Å². The van der Waals surface area contributed by atoms with Crippen molar-refractivity contribution >= 4 is 49.3 Å². The lowest BCUT2D eigenvalue weighted by molar-refractivity contribution is -0.117. The molecule has 1 atom stereocenters. The van der Waals surface area contributed by atoms with Gasteiger partial charge in [-0.1, -0.05) is 23.5 Å². The highest BCUT2D eigenvalue weighted by molar-refractivity contribution is 7.22. The van der Waals surface area contributed by atoms with Crippen LogP contribution in [0.5, 0.6) is 28.7 Å². The third kappa shape index (κ3) is 4.47. The van der Waals surface area contributed by atoms with Crippen molar-refractivity contribution in [3.05, 3.63) is 77.3 Å². The summed E-state index contributed by atoms with van der Waals surface area (Å²) in [5.74, 6) is -0.332. The lowest BCUT2D eigenvalue weighted by Crippen LogP contribution is -2.31. The van der Waals surface area contributed by atoms with Gasteiger partial charge in [0.25, 0.3) is 5.91 Å². The third-order valence-corrected chi connectivity index (χ3v) is 8.22. The fraction of sp³-hybridized carbons (Fsp3) is 0.194. The van der Waals surface area contributed by atoms with Gasteiger partial charge in [-0.05, 0) is 48.0 Å². The fourth-order valence-electron chi connectivity index (χ4n) is 5.17. The summed E-state index contributed by atoms with van der Waals surface area (Å²) in [5, 5.41) is 12.2. The van der Waals surface area contributed by atoms with E-state index >= 15 is 0 Å². The molecule has 0 spiro atoms. The number of hydrogen-bond acceptors (Lipinski definition) is 11. The molecule has 5 aromatic rings. The molecule has 3 aromatic carbocycles. The van der Waals surface area contributed by atoms with E-state index in [0.717, 1.165) is 4.70 Å². The summed E-state index contributed by atoms with van der Waals surface area (Å²) in [6.45, 7) is 0. The fourth-order valence-corrected chi connectivity index (χ4v) is 6.19. The van der Waals surface area contributed by atoms with E-state index < -0.39 is 23.5 Å². The van der Waals surface area contributed by atoms with Crippen LogP contribution in [-0.4, -0.2) is 57.3 Å². The number of fused-ring (bicyclic) bond motifs is 2. The van der Waals surface area contributed by atoms with Gasteiger partial charge in [-0.3, -0.25) is 14.5 Å². The molecule has 1 amide bonds. The van der Waals surface area contributed by atoms with E-state index in [0.29, 0.717) is 50.8 Å². The summed E-state index contributed by atoms with van der Waals surface area (Å²) in [6.07, 6.45) is 0. The summed E-state index contributed by atoms with van der Waals surface area (Å²) < 4.78 is 34.0. The minimum atomic E-state index is -1.13. The van der Waals surface area contributed by atoms with Crippen LogP contribution in [0.2, 0.25) is 0 Å². The minimum absolute atomic E-state index is 0.0813. The number of rotatable bonds is 9. The molecular weight excluding hydrogens is 576 g/mol. The maximum absolute atomic E-state index is 14.2. The van der Waals surface area contributed by atoms with Crippen LogP contribution >= 0.6 is 11.3 Å². The maximum atomic E-state index is 14.2. The molecule has 1 aliphatic heterocycles. The number of para-hydroxylation sites is 1. The SMILES string of the molecule is COc1ccc2nc(N3C(=O)C(O)=C(C(=O)c4cc5cccc(OC)c5o4)C3c3cc(OC)c(OC)c(OC)c3)sc2c1. The third-order valence-electron chi connectivity index (χ3n) is 7.20. The predicted molar refractivity (Wildman–Crippen MR) is 159 cm³/mol. The zero-order valence-electron chi connectivity index (χ0n) is 23.8. The standard InChI is InChI=1S/C31H26N2O9S/c1-37-17-9-10-18-23(14-17)43-31(32-18)33-25(16-12-21(39-3)29(41-5)22(13-16)40-4)24(27(35)30(33)36)26(34)20-11-15-7-6-8-19(38-2)28(15)42-20/h6-14,25,35H,1-5H3. The summed E-state index contributed by atoms with van der Waals surface area (Å²) >= 11 is 1.21. The topological polar surface area (TPSA) is 130 Å². The van der Waals surface area contributed by atoms with Gasteiger partial charge in [0.1, 0.15) is 5.75 Å². The Morgan fingerprint density at radius 3 is 2.28 bits per heavy atom. The van der Waals surface area contributed by atoms with Gasteiger partial charge in [0.2, 0.25) is 11.5 Å². The number of benzene rings is 3. The number of thiazole rings is 1. The number of aromatic nitrogens is 1. The first-order chi connectivity index (χ1) is 20.8. The van der Waals surface area contributed by atoms with Crippen LogP contribution in [0.1, 0.15) is 22.2 Å². The second kappa shape index (κ2) is 10.9. The summed E-state index contributed by atoms with van der Waals surface area (Å²) in [7, 11) is 7.44. The molecule has 6 rings (SSSR count). The van der Waals surface area contributed by atoms with E-state index in [4.69, 9.17) is 28.1 Å². The van der Waals surface area contributed by atoms with Gasteiger partial charge in [0.05, 0.1) is 57.4 Å². The highest BCUT2D eigenvalue weighted by Crippen LogP contribution is 2.48. The molecule has 2 aromatic heterocycles. The number of carbonyl (C=O) groups excluding carboxylic acids is 2. The van der Waals surface area contributed by atoms with E-state index in [1.807, 2.05) is 0 Å². The van der Waals surface area contributed by atoms with Crippen molar-refractivity contribution in [2.75, 3.05) is 40.4 Å². The smallest absolute Gasteiger partial charge is 0.296 e. The monoisotopic (exact) mass is 602 g/mol. The minimum Gasteiger partial charge on any atom is -0.503 e. The molecular formula is C31H26N2O9S. The molecule has 43 heavy (non-hydrogen) atoms. The first-order valence-corrected chi connectivity index (χ1v) is 13.8. The van der Waals surface area contributed by atoms with Crippen LogP contribution in [-0.2, 0) is 4.79 Å². The van der Waals surface area contributed by atoms with E-state index in [2.05, 4.69) is 4.98 Å². The molecule has 1 unspecified atom stereocenters. The second-order valence-corrected chi connectivity index (χ2v) is 10.5. The lowest BCUT2D eigenvalue weighted by Gasteiger charge is -2.25. The van der Waals surface area contributed by atoms with Crippen molar-refractivity contribution in [3.8, 4) is 28.7 Å². The van der Waals surface area contributed by atoms with Crippen molar-refractivity contribution in [1.29, 1.82) is 0 Å². The first-order valence-electron chi connectivity index (χ1n) is 13.0. The van der Waals surface area contributed by atoms with Gasteiger partial charge in [0.15, 0.2) is 39.5 Å². The van der Waals surface area contributed by atoms with E-state index in [9.17, 15) is 14.7 Å². The highest BCUT2D eigenvalue weighted by Gasteiger charge is 2.47. The number of carbonyl (C=O) groups is 2. The normalized spacial score (nSPS) is 15.0. The molecule has 0 radical (unpaired) electrons. The Morgan fingerprint density at radius 1 is 0.907 bits per heavy atom. The number of hydrogen-bond donors (Lipinski definition) is 1. The number of nitrogens with zero attached hydrogens (tertiary/aromatic N) is 2. The molecule has 0 fully saturated rings. The number of aliphatic hydroxyl groups is 1. The lowest BCUT2D eigenvalue weighted by atomic mass is 9.94. The van der Waals surface area contributed by atoms with Gasteiger partial charge in [0, 0.05) is 5.39 Å². The average molecular weight is 603 g/mol. The van der Waals surface area contributed by atoms with Crippen LogP contribution in [0.3, 0.4) is 0 Å². The average Bonchev–Trinajstić information content (AvgIpc) is 3.73. The van der Waals surface area contributed by atoms with Crippen molar-refractivity contribution in [2.24, 2.45) is 0 Å². The van der Waals surface area contributed by atoms with Crippen molar-refractivity contribution in [1.82, 2.24) is 4.98 Å². The molecule has 220 valence electrons. The number of methoxy groups -OCH3 is 5. The second-order valence-electron chi connectivity index (χ2n) is 9.45. The number of ketones is 1. The molecule has 1 N–H and O–H groups in total. The molecule has 0 bridgehead atoms. The van der Waals surface area contributed by atoms with Crippen molar-refractivity contribution in [2.45, 2.75) is 6.04 Å². The number of ether oxygens (including phenoxy) is 5. The van der Waals surface area contributed by atoms with Crippen LogP contribution in [0.25, 0.3) is 21.2 Å². The largest absolute Gasteiger partial charge is 0.503 e. The zero-order chi connectivity index (χ0) is 30.4. The number of anilines is 1. The van der Waals surface area contributed by atoms with Gasteiger partial charge < -0.3 is 33.2 Å². The Hall–Kier alpha value is -5.23. The molecule has 11 nitrogen and oxygen atoms in total. The first kappa shape index (κ1) is 27.9.